The molecule has 2 rings (SSSR count). The summed E-state index contributed by atoms with van der Waals surface area (Å²) in [5.74, 6) is 2.02. The summed E-state index contributed by atoms with van der Waals surface area (Å²) >= 11 is 0. The Morgan fingerprint density at radius 1 is 1.32 bits per heavy atom. The first-order valence-corrected chi connectivity index (χ1v) is 7.00. The Morgan fingerprint density at radius 2 is 2.05 bits per heavy atom. The number of ketones is 1. The normalized spacial score (nSPS) is 16.9. The molecule has 0 N–H and O–H groups in total. The maximum absolute atomic E-state index is 11.2. The lowest BCUT2D eigenvalue weighted by molar-refractivity contribution is -0.121. The van der Waals surface area contributed by atoms with Crippen LogP contribution in [0.15, 0.2) is 24.3 Å². The molecular formula is C16H23NO2. The third kappa shape index (κ3) is 4.35. The summed E-state index contributed by atoms with van der Waals surface area (Å²) in [4.78, 5) is 13.6. The van der Waals surface area contributed by atoms with Gasteiger partial charge in [0, 0.05) is 25.9 Å². The summed E-state index contributed by atoms with van der Waals surface area (Å²) in [5, 5.41) is 0. The predicted octanol–water partition coefficient (Wildman–Crippen LogP) is 2.89. The molecule has 3 heteroatoms. The van der Waals surface area contributed by atoms with Gasteiger partial charge in [-0.3, -0.25) is 4.79 Å². The van der Waals surface area contributed by atoms with Gasteiger partial charge in [0.2, 0.25) is 0 Å². The number of hydrogen-bond donors (Lipinski definition) is 0. The van der Waals surface area contributed by atoms with Crippen LogP contribution in [0.5, 0.6) is 5.75 Å². The highest BCUT2D eigenvalue weighted by Crippen LogP contribution is 2.23. The van der Waals surface area contributed by atoms with Crippen molar-refractivity contribution in [2.45, 2.75) is 32.2 Å². The summed E-state index contributed by atoms with van der Waals surface area (Å²) in [6, 6.07) is 8.21. The van der Waals surface area contributed by atoms with E-state index in [0.29, 0.717) is 11.7 Å². The number of carbonyl (C=O) groups is 1. The number of ether oxygens (including phenoxy) is 1. The molecule has 0 amide bonds. The van der Waals surface area contributed by atoms with Crippen LogP contribution in [-0.2, 0) is 11.3 Å². The minimum Gasteiger partial charge on any atom is -0.497 e. The van der Waals surface area contributed by atoms with E-state index in [2.05, 4.69) is 24.1 Å². The number of carbonyl (C=O) groups excluding carboxylic acids is 1. The van der Waals surface area contributed by atoms with Crippen molar-refractivity contribution in [3.8, 4) is 5.75 Å². The fourth-order valence-electron chi connectivity index (χ4n) is 2.77. The SMILES string of the molecule is COc1cccc(CN(C)CC2CCC(=O)CC2)c1. The largest absolute Gasteiger partial charge is 0.497 e. The molecule has 0 unspecified atom stereocenters. The topological polar surface area (TPSA) is 29.5 Å². The van der Waals surface area contributed by atoms with Crippen molar-refractivity contribution in [2.24, 2.45) is 5.92 Å². The van der Waals surface area contributed by atoms with Crippen molar-refractivity contribution >= 4 is 5.78 Å². The van der Waals surface area contributed by atoms with Crippen molar-refractivity contribution in [3.05, 3.63) is 29.8 Å². The van der Waals surface area contributed by atoms with Crippen LogP contribution in [0.25, 0.3) is 0 Å². The Bertz CT molecular complexity index is 421. The van der Waals surface area contributed by atoms with Crippen LogP contribution in [0.1, 0.15) is 31.2 Å². The van der Waals surface area contributed by atoms with Crippen LogP contribution in [0, 0.1) is 5.92 Å². The highest BCUT2D eigenvalue weighted by molar-refractivity contribution is 5.79. The van der Waals surface area contributed by atoms with Crippen LogP contribution in [-0.4, -0.2) is 31.4 Å². The van der Waals surface area contributed by atoms with Crippen molar-refractivity contribution in [3.63, 3.8) is 0 Å². The lowest BCUT2D eigenvalue weighted by Crippen LogP contribution is -2.28. The summed E-state index contributed by atoms with van der Waals surface area (Å²) in [6.45, 7) is 2.01. The van der Waals surface area contributed by atoms with Gasteiger partial charge < -0.3 is 9.64 Å². The molecule has 0 radical (unpaired) electrons. The Hall–Kier alpha value is -1.35. The van der Waals surface area contributed by atoms with Gasteiger partial charge in [0.15, 0.2) is 0 Å². The number of Topliss-reactive ketones (excluding diaryl/α,β-unsaturated/α-hetero) is 1. The lowest BCUT2D eigenvalue weighted by atomic mass is 9.88. The van der Waals surface area contributed by atoms with E-state index >= 15 is 0 Å². The fourth-order valence-corrected chi connectivity index (χ4v) is 2.77. The number of nitrogens with zero attached hydrogens (tertiary/aromatic N) is 1. The average Bonchev–Trinajstić information content (AvgIpc) is 2.41. The molecule has 1 aliphatic carbocycles. The second-order valence-electron chi connectivity index (χ2n) is 5.53. The molecule has 0 aromatic heterocycles. The van der Waals surface area contributed by atoms with Gasteiger partial charge in [-0.1, -0.05) is 12.1 Å². The molecule has 0 bridgehead atoms. The molecule has 1 fully saturated rings. The molecule has 1 aliphatic rings. The highest BCUT2D eigenvalue weighted by atomic mass is 16.5. The quantitative estimate of drug-likeness (QED) is 0.816. The summed E-state index contributed by atoms with van der Waals surface area (Å²) in [7, 11) is 3.85. The standard InChI is InChI=1S/C16H23NO2/c1-17(11-13-6-8-15(18)9-7-13)12-14-4-3-5-16(10-14)19-2/h3-5,10,13H,6-9,11-12H2,1-2H3. The Morgan fingerprint density at radius 3 is 2.74 bits per heavy atom. The monoisotopic (exact) mass is 261 g/mol. The molecule has 104 valence electrons. The van der Waals surface area contributed by atoms with Crippen LogP contribution in [0.4, 0.5) is 0 Å². The van der Waals surface area contributed by atoms with Crippen LogP contribution in [0.2, 0.25) is 0 Å². The fraction of sp³-hybridized carbons (Fsp3) is 0.562. The molecule has 1 aromatic rings. The number of rotatable bonds is 5. The first kappa shape index (κ1) is 14.1. The van der Waals surface area contributed by atoms with Gasteiger partial charge in [-0.25, -0.2) is 0 Å². The summed E-state index contributed by atoms with van der Waals surface area (Å²) < 4.78 is 5.24. The molecule has 0 aliphatic heterocycles. The zero-order chi connectivity index (χ0) is 13.7. The van der Waals surface area contributed by atoms with Crippen LogP contribution >= 0.6 is 0 Å². The third-order valence-electron chi connectivity index (χ3n) is 3.82. The van der Waals surface area contributed by atoms with Gasteiger partial charge in [0.1, 0.15) is 11.5 Å². The van der Waals surface area contributed by atoms with E-state index in [0.717, 1.165) is 44.5 Å². The molecule has 0 saturated heterocycles. The first-order valence-electron chi connectivity index (χ1n) is 7.00. The maximum Gasteiger partial charge on any atom is 0.132 e. The van der Waals surface area contributed by atoms with Gasteiger partial charge in [-0.05, 0) is 43.5 Å². The Balaban J connectivity index is 1.83. The average molecular weight is 261 g/mol. The number of benzene rings is 1. The van der Waals surface area contributed by atoms with E-state index in [9.17, 15) is 4.79 Å². The van der Waals surface area contributed by atoms with E-state index in [1.165, 1.54) is 5.56 Å². The van der Waals surface area contributed by atoms with Crippen molar-refractivity contribution in [2.75, 3.05) is 20.7 Å². The minimum absolute atomic E-state index is 0.437. The van der Waals surface area contributed by atoms with E-state index in [-0.39, 0.29) is 0 Å². The zero-order valence-electron chi connectivity index (χ0n) is 11.9. The smallest absolute Gasteiger partial charge is 0.132 e. The molecule has 0 atom stereocenters. The Kier molecular flexibility index (Phi) is 4.97. The Labute approximate surface area is 115 Å². The molecule has 0 heterocycles. The van der Waals surface area contributed by atoms with Crippen molar-refractivity contribution < 1.29 is 9.53 Å². The zero-order valence-corrected chi connectivity index (χ0v) is 11.9. The summed E-state index contributed by atoms with van der Waals surface area (Å²) in [5.41, 5.74) is 1.27. The van der Waals surface area contributed by atoms with Gasteiger partial charge in [-0.15, -0.1) is 0 Å². The lowest BCUT2D eigenvalue weighted by Gasteiger charge is -2.26. The van der Waals surface area contributed by atoms with Gasteiger partial charge in [-0.2, -0.15) is 0 Å². The summed E-state index contributed by atoms with van der Waals surface area (Å²) in [6.07, 6.45) is 3.66. The molecule has 0 spiro atoms. The molecule has 19 heavy (non-hydrogen) atoms. The second-order valence-corrected chi connectivity index (χ2v) is 5.53. The number of methoxy groups -OCH3 is 1. The van der Waals surface area contributed by atoms with E-state index in [1.54, 1.807) is 7.11 Å². The molecule has 1 aromatic carbocycles. The van der Waals surface area contributed by atoms with Crippen LogP contribution < -0.4 is 4.74 Å². The van der Waals surface area contributed by atoms with Crippen molar-refractivity contribution in [1.29, 1.82) is 0 Å². The van der Waals surface area contributed by atoms with E-state index in [1.807, 2.05) is 12.1 Å². The van der Waals surface area contributed by atoms with Gasteiger partial charge in [0.05, 0.1) is 7.11 Å². The second kappa shape index (κ2) is 6.71. The number of hydrogen-bond acceptors (Lipinski definition) is 3. The third-order valence-corrected chi connectivity index (χ3v) is 3.82. The van der Waals surface area contributed by atoms with Crippen LogP contribution in [0.3, 0.4) is 0 Å². The minimum atomic E-state index is 0.437. The molecule has 3 nitrogen and oxygen atoms in total. The van der Waals surface area contributed by atoms with Crippen molar-refractivity contribution in [1.82, 2.24) is 4.90 Å². The van der Waals surface area contributed by atoms with Gasteiger partial charge >= 0.3 is 0 Å². The predicted molar refractivity (Wildman–Crippen MR) is 76.3 cm³/mol. The van der Waals surface area contributed by atoms with Gasteiger partial charge in [0.25, 0.3) is 0 Å². The molecule has 1 saturated carbocycles. The van der Waals surface area contributed by atoms with E-state index in [4.69, 9.17) is 4.74 Å². The first-order chi connectivity index (χ1) is 9.17. The maximum atomic E-state index is 11.2. The highest BCUT2D eigenvalue weighted by Gasteiger charge is 2.19. The molecular weight excluding hydrogens is 238 g/mol. The van der Waals surface area contributed by atoms with E-state index < -0.39 is 0 Å².